The Balaban J connectivity index is 1.70. The van der Waals surface area contributed by atoms with Gasteiger partial charge in [-0.2, -0.15) is 0 Å². The summed E-state index contributed by atoms with van der Waals surface area (Å²) >= 11 is 0. The van der Waals surface area contributed by atoms with E-state index in [0.717, 1.165) is 5.56 Å². The van der Waals surface area contributed by atoms with Crippen molar-refractivity contribution in [2.75, 3.05) is 13.2 Å². The molecular formula is C15H20O5. The van der Waals surface area contributed by atoms with Gasteiger partial charge in [0.05, 0.1) is 6.10 Å². The Morgan fingerprint density at radius 1 is 1.30 bits per heavy atom. The van der Waals surface area contributed by atoms with Crippen LogP contribution in [0.4, 0.5) is 0 Å². The third kappa shape index (κ3) is 4.30. The van der Waals surface area contributed by atoms with E-state index in [-0.39, 0.29) is 19.0 Å². The average Bonchev–Trinajstić information content (AvgIpc) is 2.48. The highest BCUT2D eigenvalue weighted by Gasteiger charge is 2.32. The lowest BCUT2D eigenvalue weighted by Crippen LogP contribution is -2.47. The Kier molecular flexibility index (Phi) is 5.52. The van der Waals surface area contributed by atoms with Crippen LogP contribution in [0, 0.1) is 0 Å². The summed E-state index contributed by atoms with van der Waals surface area (Å²) in [5.74, 6) is -0.329. The molecule has 1 saturated heterocycles. The van der Waals surface area contributed by atoms with Crippen LogP contribution in [0.2, 0.25) is 0 Å². The number of aliphatic hydroxyl groups excluding tert-OH is 2. The topological polar surface area (TPSA) is 76.0 Å². The number of aryl methyl sites for hydroxylation is 1. The summed E-state index contributed by atoms with van der Waals surface area (Å²) in [5, 5.41) is 19.2. The lowest BCUT2D eigenvalue weighted by molar-refractivity contribution is -0.169. The van der Waals surface area contributed by atoms with Crippen LogP contribution >= 0.6 is 0 Å². The SMILES string of the molecule is O=C(CCc1ccccc1)OCC1OCCC(O)C1O. The minimum Gasteiger partial charge on any atom is -0.463 e. The quantitative estimate of drug-likeness (QED) is 0.775. The summed E-state index contributed by atoms with van der Waals surface area (Å²) < 4.78 is 10.4. The van der Waals surface area contributed by atoms with Gasteiger partial charge in [-0.05, 0) is 18.4 Å². The zero-order chi connectivity index (χ0) is 14.4. The molecule has 0 amide bonds. The van der Waals surface area contributed by atoms with E-state index < -0.39 is 18.3 Å². The minimum atomic E-state index is -0.995. The van der Waals surface area contributed by atoms with Crippen LogP contribution in [0.1, 0.15) is 18.4 Å². The van der Waals surface area contributed by atoms with E-state index in [0.29, 0.717) is 19.4 Å². The van der Waals surface area contributed by atoms with Gasteiger partial charge in [-0.25, -0.2) is 0 Å². The van der Waals surface area contributed by atoms with Crippen molar-refractivity contribution in [3.63, 3.8) is 0 Å². The predicted molar refractivity (Wildman–Crippen MR) is 72.1 cm³/mol. The van der Waals surface area contributed by atoms with E-state index in [1.54, 1.807) is 0 Å². The van der Waals surface area contributed by atoms with Crippen molar-refractivity contribution in [2.45, 2.75) is 37.6 Å². The van der Waals surface area contributed by atoms with Crippen molar-refractivity contribution in [3.8, 4) is 0 Å². The van der Waals surface area contributed by atoms with Gasteiger partial charge >= 0.3 is 5.97 Å². The van der Waals surface area contributed by atoms with Gasteiger partial charge in [-0.15, -0.1) is 0 Å². The highest BCUT2D eigenvalue weighted by molar-refractivity contribution is 5.69. The molecule has 0 aliphatic carbocycles. The van der Waals surface area contributed by atoms with E-state index in [4.69, 9.17) is 9.47 Å². The molecule has 5 heteroatoms. The van der Waals surface area contributed by atoms with Crippen molar-refractivity contribution in [3.05, 3.63) is 35.9 Å². The van der Waals surface area contributed by atoms with E-state index in [1.165, 1.54) is 0 Å². The highest BCUT2D eigenvalue weighted by atomic mass is 16.6. The van der Waals surface area contributed by atoms with Crippen LogP contribution in [0.5, 0.6) is 0 Å². The summed E-state index contributed by atoms with van der Waals surface area (Å²) in [6.07, 6.45) is -1.13. The van der Waals surface area contributed by atoms with Crippen LogP contribution in [0.3, 0.4) is 0 Å². The molecule has 2 N–H and O–H groups in total. The molecule has 3 atom stereocenters. The number of rotatable bonds is 5. The summed E-state index contributed by atoms with van der Waals surface area (Å²) in [6, 6.07) is 9.69. The smallest absolute Gasteiger partial charge is 0.306 e. The van der Waals surface area contributed by atoms with Gasteiger partial charge in [0.15, 0.2) is 0 Å². The van der Waals surface area contributed by atoms with Crippen LogP contribution in [-0.2, 0) is 20.7 Å². The lowest BCUT2D eigenvalue weighted by atomic mass is 10.0. The van der Waals surface area contributed by atoms with Crippen molar-refractivity contribution in [1.82, 2.24) is 0 Å². The molecule has 1 heterocycles. The second-order valence-electron chi connectivity index (χ2n) is 4.92. The van der Waals surface area contributed by atoms with Gasteiger partial charge in [0.25, 0.3) is 0 Å². The molecule has 2 rings (SSSR count). The van der Waals surface area contributed by atoms with Gasteiger partial charge in [0, 0.05) is 13.0 Å². The molecule has 1 fully saturated rings. The first kappa shape index (κ1) is 15.0. The molecule has 0 aromatic heterocycles. The van der Waals surface area contributed by atoms with E-state index in [1.807, 2.05) is 30.3 Å². The molecule has 20 heavy (non-hydrogen) atoms. The standard InChI is InChI=1S/C15H20O5/c16-12-8-9-19-13(15(12)18)10-20-14(17)7-6-11-4-2-1-3-5-11/h1-5,12-13,15-16,18H,6-10H2. The molecule has 110 valence electrons. The minimum absolute atomic E-state index is 0.0220. The summed E-state index contributed by atoms with van der Waals surface area (Å²) in [4.78, 5) is 11.6. The molecule has 0 bridgehead atoms. The van der Waals surface area contributed by atoms with Crippen molar-refractivity contribution in [2.24, 2.45) is 0 Å². The van der Waals surface area contributed by atoms with Crippen molar-refractivity contribution in [1.29, 1.82) is 0 Å². The van der Waals surface area contributed by atoms with Gasteiger partial charge in [-0.3, -0.25) is 4.79 Å². The number of carbonyl (C=O) groups excluding carboxylic acids is 1. The Morgan fingerprint density at radius 3 is 2.80 bits per heavy atom. The van der Waals surface area contributed by atoms with E-state index in [2.05, 4.69) is 0 Å². The molecule has 5 nitrogen and oxygen atoms in total. The molecule has 0 spiro atoms. The molecule has 1 aromatic carbocycles. The normalized spacial score (nSPS) is 26.2. The molecule has 1 aromatic rings. The monoisotopic (exact) mass is 280 g/mol. The van der Waals surface area contributed by atoms with E-state index >= 15 is 0 Å². The van der Waals surface area contributed by atoms with Gasteiger partial charge in [-0.1, -0.05) is 30.3 Å². The molecule has 3 unspecified atom stereocenters. The molecule has 0 saturated carbocycles. The molecule has 1 aliphatic heterocycles. The van der Waals surface area contributed by atoms with Crippen LogP contribution < -0.4 is 0 Å². The summed E-state index contributed by atoms with van der Waals surface area (Å²) in [7, 11) is 0. The maximum atomic E-state index is 11.6. The fourth-order valence-electron chi connectivity index (χ4n) is 2.14. The fourth-order valence-corrected chi connectivity index (χ4v) is 2.14. The summed E-state index contributed by atoms with van der Waals surface area (Å²) in [6.45, 7) is 0.344. The van der Waals surface area contributed by atoms with Crippen molar-refractivity contribution >= 4 is 5.97 Å². The zero-order valence-corrected chi connectivity index (χ0v) is 11.3. The van der Waals surface area contributed by atoms with Crippen LogP contribution in [0.25, 0.3) is 0 Å². The second kappa shape index (κ2) is 7.38. The summed E-state index contributed by atoms with van der Waals surface area (Å²) in [5.41, 5.74) is 1.08. The molecule has 1 aliphatic rings. The van der Waals surface area contributed by atoms with Crippen LogP contribution in [-0.4, -0.2) is 47.7 Å². The number of hydrogen-bond acceptors (Lipinski definition) is 5. The second-order valence-corrected chi connectivity index (χ2v) is 4.92. The fraction of sp³-hybridized carbons (Fsp3) is 0.533. The number of aliphatic hydroxyl groups is 2. The molecule has 0 radical (unpaired) electrons. The first-order valence-corrected chi connectivity index (χ1v) is 6.84. The Morgan fingerprint density at radius 2 is 2.05 bits per heavy atom. The van der Waals surface area contributed by atoms with Gasteiger partial charge in [0.2, 0.25) is 0 Å². The first-order chi connectivity index (χ1) is 9.66. The number of benzene rings is 1. The first-order valence-electron chi connectivity index (χ1n) is 6.84. The maximum Gasteiger partial charge on any atom is 0.306 e. The largest absolute Gasteiger partial charge is 0.463 e. The van der Waals surface area contributed by atoms with Gasteiger partial charge < -0.3 is 19.7 Å². The maximum absolute atomic E-state index is 11.6. The average molecular weight is 280 g/mol. The Bertz CT molecular complexity index is 420. The number of hydrogen-bond donors (Lipinski definition) is 2. The number of ether oxygens (including phenoxy) is 2. The molecular weight excluding hydrogens is 260 g/mol. The number of esters is 1. The number of carbonyl (C=O) groups is 1. The third-order valence-electron chi connectivity index (χ3n) is 3.39. The third-order valence-corrected chi connectivity index (χ3v) is 3.39. The zero-order valence-electron chi connectivity index (χ0n) is 11.3. The lowest BCUT2D eigenvalue weighted by Gasteiger charge is -2.31. The highest BCUT2D eigenvalue weighted by Crippen LogP contribution is 2.15. The van der Waals surface area contributed by atoms with Gasteiger partial charge in [0.1, 0.15) is 18.8 Å². The van der Waals surface area contributed by atoms with E-state index in [9.17, 15) is 15.0 Å². The van der Waals surface area contributed by atoms with Crippen molar-refractivity contribution < 1.29 is 24.5 Å². The Labute approximate surface area is 118 Å². The predicted octanol–water partition coefficient (Wildman–Crippen LogP) is 0.673. The van der Waals surface area contributed by atoms with Crippen LogP contribution in [0.15, 0.2) is 30.3 Å². The Hall–Kier alpha value is -1.43.